The number of ether oxygens (including phenoxy) is 2. The van der Waals surface area contributed by atoms with E-state index in [2.05, 4.69) is 0 Å². The normalized spacial score (nSPS) is 16.9. The smallest absolute Gasteiger partial charge is 0.305 e. The van der Waals surface area contributed by atoms with Gasteiger partial charge in [-0.2, -0.15) is 0 Å². The SMILES string of the molecule is Br.CCOc1cc2c(c(F)c1OCC)C(=N)N(CC(=O)c1ccc3c(c1)C(C)(C)C(CC(=O)O)N3C(C)=O)C2. The predicted molar refractivity (Wildman–Crippen MR) is 149 cm³/mol. The van der Waals surface area contributed by atoms with E-state index in [1.54, 1.807) is 38.1 Å². The number of carbonyl (C=O) groups excluding carboxylic acids is 2. The first kappa shape index (κ1) is 30.1. The van der Waals surface area contributed by atoms with E-state index >= 15 is 4.39 Å². The van der Waals surface area contributed by atoms with Crippen molar-refractivity contribution in [3.63, 3.8) is 0 Å². The molecule has 2 aliphatic rings. The van der Waals surface area contributed by atoms with Crippen molar-refractivity contribution >= 4 is 46.2 Å². The van der Waals surface area contributed by atoms with E-state index in [-0.39, 0.29) is 77.7 Å². The van der Waals surface area contributed by atoms with E-state index < -0.39 is 23.2 Å². The molecule has 2 heterocycles. The van der Waals surface area contributed by atoms with E-state index in [4.69, 9.17) is 14.9 Å². The molecule has 4 rings (SSSR count). The fourth-order valence-electron chi connectivity index (χ4n) is 5.43. The van der Waals surface area contributed by atoms with Gasteiger partial charge in [0.15, 0.2) is 23.1 Å². The molecule has 1 amide bonds. The van der Waals surface area contributed by atoms with Crippen molar-refractivity contribution in [2.75, 3.05) is 24.7 Å². The summed E-state index contributed by atoms with van der Waals surface area (Å²) in [6, 6.07) is 6.03. The zero-order chi connectivity index (χ0) is 27.9. The van der Waals surface area contributed by atoms with Crippen molar-refractivity contribution in [1.82, 2.24) is 4.90 Å². The van der Waals surface area contributed by atoms with Gasteiger partial charge >= 0.3 is 5.97 Å². The molecule has 0 radical (unpaired) electrons. The highest BCUT2D eigenvalue weighted by molar-refractivity contribution is 8.93. The van der Waals surface area contributed by atoms with Crippen molar-refractivity contribution < 1.29 is 33.4 Å². The number of carboxylic acids is 1. The molecule has 0 aromatic heterocycles. The zero-order valence-corrected chi connectivity index (χ0v) is 24.3. The molecule has 1 unspecified atom stereocenters. The first-order valence-corrected chi connectivity index (χ1v) is 12.6. The Morgan fingerprint density at radius 1 is 1.15 bits per heavy atom. The number of aliphatic carboxylic acids is 1. The highest BCUT2D eigenvalue weighted by Gasteiger charge is 2.47. The number of nitrogens with zero attached hydrogens (tertiary/aromatic N) is 2. The number of nitrogens with one attached hydrogen (secondary N) is 1. The van der Waals surface area contributed by atoms with Crippen molar-refractivity contribution in [2.24, 2.45) is 0 Å². The van der Waals surface area contributed by atoms with Crippen LogP contribution in [0.15, 0.2) is 24.3 Å². The van der Waals surface area contributed by atoms with Gasteiger partial charge in [0.2, 0.25) is 5.91 Å². The molecule has 0 spiro atoms. The van der Waals surface area contributed by atoms with Gasteiger partial charge in [0.25, 0.3) is 0 Å². The summed E-state index contributed by atoms with van der Waals surface area (Å²) in [6.45, 7) is 9.18. The first-order chi connectivity index (χ1) is 17.9. The third-order valence-corrected chi connectivity index (χ3v) is 7.23. The third kappa shape index (κ3) is 5.24. The number of carboxylic acid groups (broad SMARTS) is 1. The molecule has 0 saturated heterocycles. The molecule has 2 N–H and O–H groups in total. The summed E-state index contributed by atoms with van der Waals surface area (Å²) in [6.07, 6.45) is -0.229. The minimum atomic E-state index is -1.02. The van der Waals surface area contributed by atoms with Crippen LogP contribution in [0.5, 0.6) is 11.5 Å². The molecule has 39 heavy (non-hydrogen) atoms. The average molecular weight is 606 g/mol. The van der Waals surface area contributed by atoms with Crippen molar-refractivity contribution in [3.05, 3.63) is 52.3 Å². The lowest BCUT2D eigenvalue weighted by atomic mass is 9.78. The second kappa shape index (κ2) is 11.3. The molecular weight excluding hydrogens is 573 g/mol. The highest BCUT2D eigenvalue weighted by Crippen LogP contribution is 2.47. The average Bonchev–Trinajstić information content (AvgIpc) is 3.26. The lowest BCUT2D eigenvalue weighted by molar-refractivity contribution is -0.137. The van der Waals surface area contributed by atoms with Crippen molar-refractivity contribution in [3.8, 4) is 11.5 Å². The molecule has 210 valence electrons. The summed E-state index contributed by atoms with van der Waals surface area (Å²) >= 11 is 0. The number of hydrogen-bond donors (Lipinski definition) is 2. The maximum atomic E-state index is 15.4. The highest BCUT2D eigenvalue weighted by atomic mass is 79.9. The molecule has 9 nitrogen and oxygen atoms in total. The van der Waals surface area contributed by atoms with Gasteiger partial charge in [0.1, 0.15) is 5.84 Å². The van der Waals surface area contributed by atoms with Gasteiger partial charge < -0.3 is 24.4 Å². The van der Waals surface area contributed by atoms with Crippen LogP contribution in [0, 0.1) is 11.2 Å². The lowest BCUT2D eigenvalue weighted by Gasteiger charge is -2.31. The summed E-state index contributed by atoms with van der Waals surface area (Å²) in [5, 5.41) is 18.0. The molecule has 2 aromatic rings. The van der Waals surface area contributed by atoms with Gasteiger partial charge in [0.05, 0.1) is 37.8 Å². The Kier molecular flexibility index (Phi) is 8.74. The Morgan fingerprint density at radius 2 is 1.82 bits per heavy atom. The fourth-order valence-corrected chi connectivity index (χ4v) is 5.43. The minimum Gasteiger partial charge on any atom is -0.490 e. The van der Waals surface area contributed by atoms with Gasteiger partial charge in [-0.3, -0.25) is 19.8 Å². The Balaban J connectivity index is 0.00000420. The van der Waals surface area contributed by atoms with Gasteiger partial charge in [-0.25, -0.2) is 4.39 Å². The second-order valence-corrected chi connectivity index (χ2v) is 10.0. The number of benzene rings is 2. The molecule has 1 atom stereocenters. The van der Waals surface area contributed by atoms with Crippen LogP contribution in [0.3, 0.4) is 0 Å². The molecule has 0 fully saturated rings. The van der Waals surface area contributed by atoms with Crippen LogP contribution in [0.1, 0.15) is 68.1 Å². The number of amides is 1. The molecular formula is C28H33BrFN3O6. The van der Waals surface area contributed by atoms with Crippen LogP contribution in [0.25, 0.3) is 0 Å². The Labute approximate surface area is 237 Å². The van der Waals surface area contributed by atoms with E-state index in [1.807, 2.05) is 13.8 Å². The quantitative estimate of drug-likeness (QED) is 0.397. The monoisotopic (exact) mass is 605 g/mol. The van der Waals surface area contributed by atoms with Gasteiger partial charge in [-0.05, 0) is 49.2 Å². The summed E-state index contributed by atoms with van der Waals surface area (Å²) in [5.74, 6) is -2.15. The summed E-state index contributed by atoms with van der Waals surface area (Å²) in [5.41, 5.74) is 1.58. The van der Waals surface area contributed by atoms with Crippen LogP contribution < -0.4 is 14.4 Å². The molecule has 0 bridgehead atoms. The zero-order valence-electron chi connectivity index (χ0n) is 22.6. The van der Waals surface area contributed by atoms with Crippen LogP contribution in [-0.2, 0) is 21.5 Å². The van der Waals surface area contributed by atoms with Crippen LogP contribution in [0.4, 0.5) is 10.1 Å². The number of halogens is 2. The van der Waals surface area contributed by atoms with Gasteiger partial charge in [-0.1, -0.05) is 13.8 Å². The number of Topliss-reactive ketones (excluding diaryl/α,β-unsaturated/α-hetero) is 1. The van der Waals surface area contributed by atoms with E-state index in [1.165, 1.54) is 16.7 Å². The second-order valence-electron chi connectivity index (χ2n) is 10.0. The Morgan fingerprint density at radius 3 is 2.41 bits per heavy atom. The van der Waals surface area contributed by atoms with Crippen LogP contribution in [0.2, 0.25) is 0 Å². The van der Waals surface area contributed by atoms with E-state index in [0.717, 1.165) is 0 Å². The van der Waals surface area contributed by atoms with E-state index in [0.29, 0.717) is 29.0 Å². The number of fused-ring (bicyclic) bond motifs is 2. The lowest BCUT2D eigenvalue weighted by Crippen LogP contribution is -2.45. The summed E-state index contributed by atoms with van der Waals surface area (Å²) in [4.78, 5) is 40.3. The Hall–Kier alpha value is -3.47. The topological polar surface area (TPSA) is 120 Å². The minimum absolute atomic E-state index is 0. The maximum absolute atomic E-state index is 15.4. The summed E-state index contributed by atoms with van der Waals surface area (Å²) in [7, 11) is 0. The predicted octanol–water partition coefficient (Wildman–Crippen LogP) is 4.71. The molecule has 0 saturated carbocycles. The largest absolute Gasteiger partial charge is 0.490 e. The summed E-state index contributed by atoms with van der Waals surface area (Å²) < 4.78 is 26.4. The molecule has 0 aliphatic carbocycles. The number of amidine groups is 1. The Bertz CT molecular complexity index is 1350. The van der Waals surface area contributed by atoms with Crippen molar-refractivity contribution in [1.29, 1.82) is 5.41 Å². The van der Waals surface area contributed by atoms with Crippen molar-refractivity contribution in [2.45, 2.75) is 59.0 Å². The molecule has 2 aliphatic heterocycles. The molecule has 11 heteroatoms. The number of rotatable bonds is 9. The number of ketones is 1. The van der Waals surface area contributed by atoms with Gasteiger partial charge in [-0.15, -0.1) is 17.0 Å². The van der Waals surface area contributed by atoms with Crippen LogP contribution >= 0.6 is 17.0 Å². The third-order valence-electron chi connectivity index (χ3n) is 7.23. The van der Waals surface area contributed by atoms with Gasteiger partial charge in [0, 0.05) is 30.1 Å². The van der Waals surface area contributed by atoms with Crippen LogP contribution in [-0.4, -0.2) is 59.3 Å². The van der Waals surface area contributed by atoms with E-state index in [9.17, 15) is 19.5 Å². The number of carbonyl (C=O) groups is 3. The number of anilines is 1. The fraction of sp³-hybridized carbons (Fsp3) is 0.429. The number of hydrogen-bond acceptors (Lipinski definition) is 6. The molecule has 2 aromatic carbocycles. The maximum Gasteiger partial charge on any atom is 0.305 e. The first-order valence-electron chi connectivity index (χ1n) is 12.6. The standard InChI is InChI=1S/C28H32FN3O6.BrH/c1-6-37-21-11-17-13-31(27(30)24(17)25(29)26(21)38-7-2)14-20(34)16-8-9-19-18(10-16)28(4,5)22(12-23(35)36)32(19)15(3)33;/h8-11,22,30H,6-7,12-14H2,1-5H3,(H,35,36);1H.